The summed E-state index contributed by atoms with van der Waals surface area (Å²) in [7, 11) is -3.99. The summed E-state index contributed by atoms with van der Waals surface area (Å²) < 4.78 is 35.7. The molecule has 0 amide bonds. The highest BCUT2D eigenvalue weighted by atomic mass is 32.2. The molecule has 1 saturated heterocycles. The third-order valence-corrected chi connectivity index (χ3v) is 4.26. The summed E-state index contributed by atoms with van der Waals surface area (Å²) in [6, 6.07) is 1.04. The van der Waals surface area contributed by atoms with Gasteiger partial charge in [0, 0.05) is 18.8 Å². The quantitative estimate of drug-likeness (QED) is 0.422. The number of ether oxygens (including phenoxy) is 1. The van der Waals surface area contributed by atoms with Gasteiger partial charge in [-0.3, -0.25) is 18.5 Å². The van der Waals surface area contributed by atoms with Crippen molar-refractivity contribution in [1.29, 1.82) is 0 Å². The topological polar surface area (TPSA) is 160 Å². The highest BCUT2D eigenvalue weighted by Crippen LogP contribution is 2.28. The summed E-state index contributed by atoms with van der Waals surface area (Å²) in [4.78, 5) is 24.7. The minimum Gasteiger partial charge on any atom is -0.387 e. The molecule has 23 heavy (non-hydrogen) atoms. The normalized spacial score (nSPS) is 28.1. The van der Waals surface area contributed by atoms with Crippen LogP contribution in [-0.2, 0) is 19.2 Å². The van der Waals surface area contributed by atoms with Gasteiger partial charge in [0.25, 0.3) is 5.56 Å². The Labute approximate surface area is 130 Å². The molecule has 0 saturated carbocycles. The zero-order chi connectivity index (χ0) is 17.2. The van der Waals surface area contributed by atoms with Crippen LogP contribution >= 0.6 is 0 Å². The summed E-state index contributed by atoms with van der Waals surface area (Å²) in [5, 5.41) is 19.9. The third kappa shape index (κ3) is 4.04. The highest BCUT2D eigenvalue weighted by molar-refractivity contribution is 7.84. The van der Waals surface area contributed by atoms with Gasteiger partial charge in [-0.25, -0.2) is 4.79 Å². The molecular weight excluding hydrogens is 334 g/mol. The van der Waals surface area contributed by atoms with E-state index >= 15 is 0 Å². The maximum atomic E-state index is 11.7. The first-order valence-corrected chi connectivity index (χ1v) is 8.13. The molecule has 12 heteroatoms. The second-order valence-corrected chi connectivity index (χ2v) is 6.23. The lowest BCUT2D eigenvalue weighted by Crippen LogP contribution is -2.38. The molecule has 0 radical (unpaired) electrons. The molecule has 1 aliphatic rings. The zero-order valence-corrected chi connectivity index (χ0v) is 12.9. The molecule has 0 aliphatic carbocycles. The smallest absolute Gasteiger partial charge is 0.335 e. The Morgan fingerprint density at radius 1 is 1.39 bits per heavy atom. The number of aliphatic hydroxyl groups excluding tert-OH is 2. The first-order valence-electron chi connectivity index (χ1n) is 6.72. The van der Waals surface area contributed by atoms with Crippen molar-refractivity contribution < 1.29 is 27.6 Å². The average molecular weight is 351 g/mol. The van der Waals surface area contributed by atoms with E-state index in [2.05, 4.69) is 8.91 Å². The minimum absolute atomic E-state index is 0.119. The Hall–Kier alpha value is -1.57. The molecule has 1 fully saturated rings. The predicted octanol–water partition coefficient (Wildman–Crippen LogP) is -2.97. The predicted molar refractivity (Wildman–Crippen MR) is 75.8 cm³/mol. The van der Waals surface area contributed by atoms with Crippen molar-refractivity contribution in [3.8, 4) is 0 Å². The Balaban J connectivity index is 2.12. The second-order valence-electron chi connectivity index (χ2n) is 4.80. The Kier molecular flexibility index (Phi) is 5.33. The number of aliphatic hydroxyl groups is 2. The van der Waals surface area contributed by atoms with Gasteiger partial charge in [0.15, 0.2) is 6.23 Å². The highest BCUT2D eigenvalue weighted by Gasteiger charge is 2.44. The van der Waals surface area contributed by atoms with Crippen LogP contribution < -0.4 is 16.0 Å². The Morgan fingerprint density at radius 3 is 2.70 bits per heavy atom. The van der Waals surface area contributed by atoms with Crippen LogP contribution in [0.4, 0.5) is 0 Å². The van der Waals surface area contributed by atoms with Gasteiger partial charge < -0.3 is 14.9 Å². The van der Waals surface area contributed by atoms with Gasteiger partial charge in [-0.2, -0.15) is 13.1 Å². The summed E-state index contributed by atoms with van der Waals surface area (Å²) in [5.41, 5.74) is -1.47. The molecule has 1 aromatic heterocycles. The molecule has 0 spiro atoms. The van der Waals surface area contributed by atoms with E-state index in [9.17, 15) is 28.2 Å². The summed E-state index contributed by atoms with van der Waals surface area (Å²) >= 11 is 0. The Bertz CT molecular complexity index is 757. The Morgan fingerprint density at radius 2 is 2.09 bits per heavy atom. The number of hydrogen-bond acceptors (Lipinski definition) is 8. The molecule has 2 unspecified atom stereocenters. The van der Waals surface area contributed by atoms with E-state index in [-0.39, 0.29) is 6.54 Å². The van der Waals surface area contributed by atoms with Gasteiger partial charge >= 0.3 is 16.0 Å². The van der Waals surface area contributed by atoms with Crippen LogP contribution in [0.15, 0.2) is 21.9 Å². The second kappa shape index (κ2) is 6.90. The standard InChI is InChI=1S/C11H17N3O8S/c1-2-12-23(19,20)21-5-6-8(16)9(17)10(22-6)14-4-3-7(15)13-11(14)18/h3-4,6,8-10,12,16-17H,2,5H2,1H3,(H,13,15,18)/t6?,8?,9-,10-/m1/s1. The van der Waals surface area contributed by atoms with Crippen molar-refractivity contribution in [1.82, 2.24) is 14.3 Å². The van der Waals surface area contributed by atoms with Crippen LogP contribution in [0.3, 0.4) is 0 Å². The minimum atomic E-state index is -3.99. The fraction of sp³-hybridized carbons (Fsp3) is 0.636. The van der Waals surface area contributed by atoms with E-state index in [4.69, 9.17) is 4.74 Å². The van der Waals surface area contributed by atoms with Crippen LogP contribution in [0.25, 0.3) is 0 Å². The first kappa shape index (κ1) is 17.8. The van der Waals surface area contributed by atoms with Crippen molar-refractivity contribution in [3.05, 3.63) is 33.1 Å². The van der Waals surface area contributed by atoms with E-state index in [1.807, 2.05) is 4.98 Å². The van der Waals surface area contributed by atoms with Gasteiger partial charge in [-0.05, 0) is 0 Å². The van der Waals surface area contributed by atoms with Gasteiger partial charge in [0.2, 0.25) is 0 Å². The fourth-order valence-electron chi connectivity index (χ4n) is 2.10. The van der Waals surface area contributed by atoms with E-state index < -0.39 is 52.7 Å². The maximum Gasteiger partial charge on any atom is 0.335 e. The summed E-state index contributed by atoms with van der Waals surface area (Å²) in [6.07, 6.45) is -4.35. The van der Waals surface area contributed by atoms with Crippen LogP contribution in [0.1, 0.15) is 13.2 Å². The lowest BCUT2D eigenvalue weighted by molar-refractivity contribution is -0.0510. The summed E-state index contributed by atoms with van der Waals surface area (Å²) in [5.74, 6) is 0. The number of nitrogens with one attached hydrogen (secondary N) is 2. The number of H-pyrrole nitrogens is 1. The molecule has 2 heterocycles. The van der Waals surface area contributed by atoms with E-state index in [1.165, 1.54) is 0 Å². The van der Waals surface area contributed by atoms with E-state index in [1.54, 1.807) is 6.92 Å². The van der Waals surface area contributed by atoms with Gasteiger partial charge in [-0.15, -0.1) is 0 Å². The average Bonchev–Trinajstić information content (AvgIpc) is 2.73. The lowest BCUT2D eigenvalue weighted by atomic mass is 10.1. The first-order chi connectivity index (χ1) is 10.7. The molecule has 1 aliphatic heterocycles. The van der Waals surface area contributed by atoms with Crippen molar-refractivity contribution >= 4 is 10.3 Å². The molecule has 130 valence electrons. The lowest BCUT2D eigenvalue weighted by Gasteiger charge is -2.16. The largest absolute Gasteiger partial charge is 0.387 e. The SMILES string of the molecule is CCNS(=O)(=O)OCC1O[C@@H](n2ccc(=O)[nH]c2=O)[C@H](O)C1O. The fourth-order valence-corrected chi connectivity index (χ4v) is 2.85. The zero-order valence-electron chi connectivity index (χ0n) is 12.1. The molecule has 0 bridgehead atoms. The van der Waals surface area contributed by atoms with Gasteiger partial charge in [0.1, 0.15) is 18.3 Å². The van der Waals surface area contributed by atoms with Crippen molar-refractivity contribution in [2.24, 2.45) is 0 Å². The number of aromatic amines is 1. The number of nitrogens with zero attached hydrogens (tertiary/aromatic N) is 1. The summed E-state index contributed by atoms with van der Waals surface area (Å²) in [6.45, 7) is 1.13. The van der Waals surface area contributed by atoms with Crippen LogP contribution in [0.2, 0.25) is 0 Å². The third-order valence-electron chi connectivity index (χ3n) is 3.17. The van der Waals surface area contributed by atoms with Crippen molar-refractivity contribution in [3.63, 3.8) is 0 Å². The van der Waals surface area contributed by atoms with Gasteiger partial charge in [-0.1, -0.05) is 6.92 Å². The van der Waals surface area contributed by atoms with Crippen LogP contribution in [-0.4, -0.2) is 59.6 Å². The van der Waals surface area contributed by atoms with Crippen LogP contribution in [0, 0.1) is 0 Å². The number of aromatic nitrogens is 2. The van der Waals surface area contributed by atoms with E-state index in [0.29, 0.717) is 0 Å². The monoisotopic (exact) mass is 351 g/mol. The number of rotatable bonds is 6. The van der Waals surface area contributed by atoms with Crippen molar-refractivity contribution in [2.75, 3.05) is 13.2 Å². The van der Waals surface area contributed by atoms with Gasteiger partial charge in [0.05, 0.1) is 6.61 Å². The van der Waals surface area contributed by atoms with Crippen molar-refractivity contribution in [2.45, 2.75) is 31.5 Å². The molecule has 11 nitrogen and oxygen atoms in total. The maximum absolute atomic E-state index is 11.7. The number of hydrogen-bond donors (Lipinski definition) is 4. The molecule has 2 rings (SSSR count). The van der Waals surface area contributed by atoms with Crippen LogP contribution in [0.5, 0.6) is 0 Å². The molecule has 1 aromatic rings. The van der Waals surface area contributed by atoms with E-state index in [0.717, 1.165) is 16.8 Å². The molecule has 0 aromatic carbocycles. The molecule has 4 N–H and O–H groups in total. The molecule has 4 atom stereocenters. The molecular formula is C11H17N3O8S.